The molecule has 0 bridgehead atoms. The second kappa shape index (κ2) is 5.27. The van der Waals surface area contributed by atoms with Gasteiger partial charge in [-0.3, -0.25) is 4.79 Å². The van der Waals surface area contributed by atoms with Gasteiger partial charge in [-0.1, -0.05) is 0 Å². The van der Waals surface area contributed by atoms with Gasteiger partial charge in [-0.25, -0.2) is 4.68 Å². The molecule has 1 N–H and O–H groups in total. The lowest BCUT2D eigenvalue weighted by atomic mass is 10.4. The summed E-state index contributed by atoms with van der Waals surface area (Å²) >= 11 is 3.23. The molecule has 1 atom stereocenters. The molecule has 0 spiro atoms. The van der Waals surface area contributed by atoms with Crippen LogP contribution in [-0.4, -0.2) is 29.5 Å². The van der Waals surface area contributed by atoms with Gasteiger partial charge in [0.25, 0.3) is 5.56 Å². The van der Waals surface area contributed by atoms with Gasteiger partial charge in [-0.2, -0.15) is 5.10 Å². The first kappa shape index (κ1) is 12.2. The Hall–Kier alpha value is -0.880. The normalized spacial score (nSPS) is 12.5. The topological polar surface area (TPSA) is 56.1 Å². The van der Waals surface area contributed by atoms with Crippen LogP contribution in [0.5, 0.6) is 0 Å². The number of ether oxygens (including phenoxy) is 1. The molecule has 1 rings (SSSR count). The number of hydrogen-bond acceptors (Lipinski definition) is 4. The summed E-state index contributed by atoms with van der Waals surface area (Å²) in [6.07, 6.45) is 1.69. The van der Waals surface area contributed by atoms with Gasteiger partial charge in [0.15, 0.2) is 0 Å². The van der Waals surface area contributed by atoms with Crippen molar-refractivity contribution in [3.63, 3.8) is 0 Å². The number of aromatic nitrogens is 2. The fourth-order valence-electron chi connectivity index (χ4n) is 0.971. The van der Waals surface area contributed by atoms with Gasteiger partial charge in [0.2, 0.25) is 0 Å². The third-order valence-corrected chi connectivity index (χ3v) is 2.83. The molecule has 6 heteroatoms. The first-order valence-electron chi connectivity index (χ1n) is 4.54. The van der Waals surface area contributed by atoms with E-state index in [-0.39, 0.29) is 11.7 Å². The lowest BCUT2D eigenvalue weighted by Gasteiger charge is -2.12. The predicted molar refractivity (Wildman–Crippen MR) is 62.1 cm³/mol. The fourth-order valence-corrected chi connectivity index (χ4v) is 1.47. The smallest absolute Gasteiger partial charge is 0.282 e. The van der Waals surface area contributed by atoms with Gasteiger partial charge >= 0.3 is 0 Å². The molecule has 1 aromatic rings. The molecule has 84 valence electrons. The zero-order valence-corrected chi connectivity index (χ0v) is 10.5. The minimum absolute atomic E-state index is 0.0842. The van der Waals surface area contributed by atoms with Gasteiger partial charge in [0.1, 0.15) is 4.47 Å². The molecule has 0 fully saturated rings. The average molecular weight is 276 g/mol. The molecule has 0 aliphatic heterocycles. The van der Waals surface area contributed by atoms with Crippen molar-refractivity contribution in [1.82, 2.24) is 9.78 Å². The Balaban J connectivity index is 2.79. The molecule has 0 saturated carbocycles. The van der Waals surface area contributed by atoms with E-state index in [0.717, 1.165) is 0 Å². The van der Waals surface area contributed by atoms with Gasteiger partial charge in [-0.15, -0.1) is 0 Å². The lowest BCUT2D eigenvalue weighted by molar-refractivity contribution is 0.129. The molecule has 15 heavy (non-hydrogen) atoms. The van der Waals surface area contributed by atoms with Crippen LogP contribution in [0.1, 0.15) is 6.92 Å². The van der Waals surface area contributed by atoms with Crippen LogP contribution >= 0.6 is 15.9 Å². The van der Waals surface area contributed by atoms with E-state index in [1.807, 2.05) is 6.92 Å². The molecule has 0 saturated heterocycles. The molecule has 1 aromatic heterocycles. The molecule has 0 aromatic carbocycles. The summed E-state index contributed by atoms with van der Waals surface area (Å²) in [6.45, 7) is 2.57. The molecular weight excluding hydrogens is 262 g/mol. The van der Waals surface area contributed by atoms with Crippen LogP contribution < -0.4 is 10.9 Å². The predicted octanol–water partition coefficient (Wildman–Crippen LogP) is 0.990. The third-order valence-electron chi connectivity index (χ3n) is 2.06. The van der Waals surface area contributed by atoms with Crippen LogP contribution in [0.3, 0.4) is 0 Å². The second-order valence-electron chi connectivity index (χ2n) is 3.23. The number of hydrogen-bond donors (Lipinski definition) is 1. The van der Waals surface area contributed by atoms with Crippen molar-refractivity contribution in [2.75, 3.05) is 19.0 Å². The van der Waals surface area contributed by atoms with Crippen LogP contribution in [0.25, 0.3) is 0 Å². The van der Waals surface area contributed by atoms with Gasteiger partial charge in [0, 0.05) is 20.7 Å². The van der Waals surface area contributed by atoms with Crippen molar-refractivity contribution in [2.24, 2.45) is 7.05 Å². The van der Waals surface area contributed by atoms with Gasteiger partial charge in [0.05, 0.1) is 18.0 Å². The van der Waals surface area contributed by atoms with Crippen LogP contribution in [0.4, 0.5) is 5.69 Å². The summed E-state index contributed by atoms with van der Waals surface area (Å²) < 4.78 is 6.85. The maximum Gasteiger partial charge on any atom is 0.282 e. The van der Waals surface area contributed by atoms with Crippen molar-refractivity contribution in [1.29, 1.82) is 0 Å². The number of anilines is 1. The quantitative estimate of drug-likeness (QED) is 0.891. The molecule has 0 radical (unpaired) electrons. The Kier molecular flexibility index (Phi) is 4.28. The Bertz CT molecular complexity index is 391. The first-order valence-corrected chi connectivity index (χ1v) is 5.34. The zero-order chi connectivity index (χ0) is 11.4. The Morgan fingerprint density at radius 3 is 3.00 bits per heavy atom. The lowest BCUT2D eigenvalue weighted by Crippen LogP contribution is -2.24. The summed E-state index contributed by atoms with van der Waals surface area (Å²) in [7, 11) is 3.25. The average Bonchev–Trinajstić information content (AvgIpc) is 2.24. The highest BCUT2D eigenvalue weighted by molar-refractivity contribution is 9.10. The fraction of sp³-hybridized carbons (Fsp3) is 0.556. The van der Waals surface area contributed by atoms with E-state index >= 15 is 0 Å². The van der Waals surface area contributed by atoms with Crippen LogP contribution in [-0.2, 0) is 11.8 Å². The van der Waals surface area contributed by atoms with Gasteiger partial charge in [-0.05, 0) is 22.9 Å². The standard InChI is InChI=1S/C9H14BrN3O2/c1-6(15-3)4-11-7-5-12-13(2)9(14)8(7)10/h5-6,11H,4H2,1-3H3. The van der Waals surface area contributed by atoms with Crippen molar-refractivity contribution in [3.8, 4) is 0 Å². The molecule has 1 heterocycles. The summed E-state index contributed by atoms with van der Waals surface area (Å²) in [5.41, 5.74) is 0.520. The summed E-state index contributed by atoms with van der Waals surface area (Å²) in [6, 6.07) is 0. The Morgan fingerprint density at radius 1 is 1.73 bits per heavy atom. The van der Waals surface area contributed by atoms with Crippen LogP contribution in [0, 0.1) is 0 Å². The maximum atomic E-state index is 11.5. The van der Waals surface area contributed by atoms with Crippen LogP contribution in [0.2, 0.25) is 0 Å². The first-order chi connectivity index (χ1) is 7.06. The van der Waals surface area contributed by atoms with E-state index in [0.29, 0.717) is 16.7 Å². The highest BCUT2D eigenvalue weighted by Crippen LogP contribution is 2.15. The monoisotopic (exact) mass is 275 g/mol. The molecule has 0 aliphatic rings. The van der Waals surface area contributed by atoms with Crippen molar-refractivity contribution in [3.05, 3.63) is 21.0 Å². The number of aryl methyl sites for hydroxylation is 1. The summed E-state index contributed by atoms with van der Waals surface area (Å²) in [5, 5.41) is 7.00. The SMILES string of the molecule is COC(C)CNc1cnn(C)c(=O)c1Br. The number of nitrogens with one attached hydrogen (secondary N) is 1. The van der Waals surface area contributed by atoms with Crippen molar-refractivity contribution < 1.29 is 4.74 Å². The van der Waals surface area contributed by atoms with E-state index in [2.05, 4.69) is 26.3 Å². The zero-order valence-electron chi connectivity index (χ0n) is 8.95. The Morgan fingerprint density at radius 2 is 2.40 bits per heavy atom. The molecule has 1 unspecified atom stereocenters. The highest BCUT2D eigenvalue weighted by atomic mass is 79.9. The minimum atomic E-state index is -0.162. The Labute approximate surface area is 96.6 Å². The van der Waals surface area contributed by atoms with E-state index in [1.54, 1.807) is 20.4 Å². The van der Waals surface area contributed by atoms with E-state index in [4.69, 9.17) is 4.74 Å². The molecular formula is C9H14BrN3O2. The van der Waals surface area contributed by atoms with E-state index in [1.165, 1.54) is 4.68 Å². The number of rotatable bonds is 4. The molecule has 0 aliphatic carbocycles. The summed E-state index contributed by atoms with van der Waals surface area (Å²) in [4.78, 5) is 11.5. The second-order valence-corrected chi connectivity index (χ2v) is 4.02. The van der Waals surface area contributed by atoms with E-state index < -0.39 is 0 Å². The molecule has 0 amide bonds. The van der Waals surface area contributed by atoms with Crippen molar-refractivity contribution >= 4 is 21.6 Å². The maximum absolute atomic E-state index is 11.5. The van der Waals surface area contributed by atoms with Crippen LogP contribution in [0.15, 0.2) is 15.5 Å². The number of nitrogens with zero attached hydrogens (tertiary/aromatic N) is 2. The van der Waals surface area contributed by atoms with E-state index in [9.17, 15) is 4.79 Å². The number of halogens is 1. The highest BCUT2D eigenvalue weighted by Gasteiger charge is 2.07. The number of methoxy groups -OCH3 is 1. The summed E-state index contributed by atoms with van der Waals surface area (Å²) in [5.74, 6) is 0. The third kappa shape index (κ3) is 3.04. The minimum Gasteiger partial charge on any atom is -0.380 e. The van der Waals surface area contributed by atoms with Gasteiger partial charge < -0.3 is 10.1 Å². The molecule has 5 nitrogen and oxygen atoms in total. The van der Waals surface area contributed by atoms with Crippen molar-refractivity contribution in [2.45, 2.75) is 13.0 Å². The largest absolute Gasteiger partial charge is 0.380 e.